The van der Waals surface area contributed by atoms with E-state index in [4.69, 9.17) is 16.2 Å². The van der Waals surface area contributed by atoms with Crippen LogP contribution in [0.4, 0.5) is 10.2 Å². The zero-order valence-corrected chi connectivity index (χ0v) is 16.3. The molecule has 0 aliphatic rings. The average molecular weight is 423 g/mol. The normalized spacial score (nSPS) is 10.9. The number of amides is 2. The topological polar surface area (TPSA) is 165 Å². The summed E-state index contributed by atoms with van der Waals surface area (Å²) in [6.07, 6.45) is 1.58. The monoisotopic (exact) mass is 423 g/mol. The van der Waals surface area contributed by atoms with Crippen molar-refractivity contribution >= 4 is 28.5 Å². The molecular weight excluding hydrogens is 405 g/mol. The lowest BCUT2D eigenvalue weighted by Gasteiger charge is -2.11. The maximum Gasteiger partial charge on any atom is 0.255 e. The summed E-state index contributed by atoms with van der Waals surface area (Å²) >= 11 is 0. The van der Waals surface area contributed by atoms with E-state index in [9.17, 15) is 14.0 Å². The SMILES string of the molecule is COc1ccc(F)cc1C(=O)NCc1ccc(-c2[nH]nc(N)c2C(N)=O)c2cn[nH]c12. The summed E-state index contributed by atoms with van der Waals surface area (Å²) < 4.78 is 18.7. The van der Waals surface area contributed by atoms with Crippen LogP contribution in [0.25, 0.3) is 22.2 Å². The third-order valence-electron chi connectivity index (χ3n) is 4.86. The molecule has 0 spiro atoms. The van der Waals surface area contributed by atoms with Gasteiger partial charge in [0.25, 0.3) is 11.8 Å². The number of hydrogen-bond donors (Lipinski definition) is 5. The average Bonchev–Trinajstić information content (AvgIpc) is 3.39. The van der Waals surface area contributed by atoms with Gasteiger partial charge in [-0.05, 0) is 23.8 Å². The van der Waals surface area contributed by atoms with Crippen LogP contribution in [0.2, 0.25) is 0 Å². The van der Waals surface area contributed by atoms with Gasteiger partial charge in [-0.25, -0.2) is 4.39 Å². The number of nitrogen functional groups attached to an aromatic ring is 1. The Hall–Kier alpha value is -4.41. The first-order chi connectivity index (χ1) is 14.9. The molecule has 2 heterocycles. The Morgan fingerprint density at radius 3 is 2.77 bits per heavy atom. The van der Waals surface area contributed by atoms with Gasteiger partial charge < -0.3 is 21.5 Å². The van der Waals surface area contributed by atoms with Crippen LogP contribution < -0.4 is 21.5 Å². The molecule has 0 fully saturated rings. The molecule has 11 heteroatoms. The highest BCUT2D eigenvalue weighted by atomic mass is 19.1. The Morgan fingerprint density at radius 2 is 2.03 bits per heavy atom. The molecular formula is C20H18FN7O3. The minimum Gasteiger partial charge on any atom is -0.496 e. The Bertz CT molecular complexity index is 1310. The van der Waals surface area contributed by atoms with Gasteiger partial charge in [0.05, 0.1) is 30.1 Å². The van der Waals surface area contributed by atoms with Crippen LogP contribution in [0.5, 0.6) is 5.75 Å². The van der Waals surface area contributed by atoms with Gasteiger partial charge in [0.1, 0.15) is 17.1 Å². The first kappa shape index (κ1) is 19.9. The Kier molecular flexibility index (Phi) is 4.99. The Labute approximate surface area is 174 Å². The standard InChI is InChI=1S/C20H18FN7O3/c1-31-14-5-3-10(21)6-12(14)20(30)24-7-9-2-4-11(13-8-25-26-16(9)13)17-15(19(23)29)18(22)28-27-17/h2-6,8H,7H2,1H3,(H2,23,29)(H,24,30)(H,25,26)(H3,22,27,28). The number of aromatic amines is 2. The number of methoxy groups -OCH3 is 1. The van der Waals surface area contributed by atoms with Gasteiger partial charge in [0.15, 0.2) is 5.82 Å². The zero-order chi connectivity index (χ0) is 22.1. The van der Waals surface area contributed by atoms with Crippen LogP contribution in [0, 0.1) is 5.82 Å². The fourth-order valence-electron chi connectivity index (χ4n) is 3.39. The number of primary amides is 1. The number of anilines is 1. The predicted molar refractivity (Wildman–Crippen MR) is 111 cm³/mol. The molecule has 2 amide bonds. The van der Waals surface area contributed by atoms with Gasteiger partial charge in [-0.2, -0.15) is 10.2 Å². The summed E-state index contributed by atoms with van der Waals surface area (Å²) in [4.78, 5) is 24.4. The molecule has 0 aliphatic carbocycles. The van der Waals surface area contributed by atoms with Crippen LogP contribution in [0.3, 0.4) is 0 Å². The summed E-state index contributed by atoms with van der Waals surface area (Å²) in [6.45, 7) is 0.130. The fourth-order valence-corrected chi connectivity index (χ4v) is 3.39. The fraction of sp³-hybridized carbons (Fsp3) is 0.100. The van der Waals surface area contributed by atoms with Crippen molar-refractivity contribution in [3.8, 4) is 17.0 Å². The summed E-state index contributed by atoms with van der Waals surface area (Å²) in [5.74, 6) is -1.49. The van der Waals surface area contributed by atoms with Crippen molar-refractivity contribution in [2.45, 2.75) is 6.54 Å². The highest BCUT2D eigenvalue weighted by Gasteiger charge is 2.21. The predicted octanol–water partition coefficient (Wildman–Crippen LogP) is 1.71. The summed E-state index contributed by atoms with van der Waals surface area (Å²) in [5, 5.41) is 17.0. The van der Waals surface area contributed by atoms with E-state index in [1.807, 2.05) is 0 Å². The lowest BCUT2D eigenvalue weighted by molar-refractivity contribution is 0.0946. The first-order valence-electron chi connectivity index (χ1n) is 9.11. The van der Waals surface area contributed by atoms with Crippen LogP contribution in [-0.2, 0) is 6.54 Å². The van der Waals surface area contributed by atoms with Crippen molar-refractivity contribution in [1.29, 1.82) is 0 Å². The number of aromatic nitrogens is 4. The second-order valence-electron chi connectivity index (χ2n) is 6.68. The molecule has 158 valence electrons. The molecule has 4 aromatic rings. The van der Waals surface area contributed by atoms with Crippen molar-refractivity contribution in [1.82, 2.24) is 25.7 Å². The third-order valence-corrected chi connectivity index (χ3v) is 4.86. The van der Waals surface area contributed by atoms with E-state index >= 15 is 0 Å². The van der Waals surface area contributed by atoms with Crippen molar-refractivity contribution < 1.29 is 18.7 Å². The largest absolute Gasteiger partial charge is 0.496 e. The molecule has 4 rings (SSSR count). The van der Waals surface area contributed by atoms with Gasteiger partial charge in [-0.3, -0.25) is 19.8 Å². The number of hydrogen-bond acceptors (Lipinski definition) is 6. The summed E-state index contributed by atoms with van der Waals surface area (Å²) in [6, 6.07) is 7.20. The van der Waals surface area contributed by atoms with Crippen molar-refractivity contribution in [3.63, 3.8) is 0 Å². The summed E-state index contributed by atoms with van der Waals surface area (Å²) in [7, 11) is 1.40. The van der Waals surface area contributed by atoms with Crippen LogP contribution in [0.15, 0.2) is 36.5 Å². The number of rotatable bonds is 6. The van der Waals surface area contributed by atoms with Crippen LogP contribution in [-0.4, -0.2) is 39.3 Å². The van der Waals surface area contributed by atoms with E-state index in [2.05, 4.69) is 25.7 Å². The maximum absolute atomic E-state index is 13.6. The number of fused-ring (bicyclic) bond motifs is 1. The third kappa shape index (κ3) is 3.52. The minimum absolute atomic E-state index is 0.000439. The van der Waals surface area contributed by atoms with Crippen LogP contribution >= 0.6 is 0 Å². The van der Waals surface area contributed by atoms with E-state index in [1.165, 1.54) is 19.2 Å². The first-order valence-corrected chi connectivity index (χ1v) is 9.11. The molecule has 0 saturated heterocycles. The number of nitrogens with zero attached hydrogens (tertiary/aromatic N) is 2. The zero-order valence-electron chi connectivity index (χ0n) is 16.3. The number of nitrogens with two attached hydrogens (primary N) is 2. The Balaban J connectivity index is 1.65. The number of halogens is 1. The van der Waals surface area contributed by atoms with Crippen molar-refractivity contribution in [2.24, 2.45) is 5.73 Å². The number of carbonyl (C=O) groups excluding carboxylic acids is 2. The van der Waals surface area contributed by atoms with E-state index in [0.717, 1.165) is 6.07 Å². The number of nitrogens with one attached hydrogen (secondary N) is 3. The number of ether oxygens (including phenoxy) is 1. The van der Waals surface area contributed by atoms with Crippen molar-refractivity contribution in [3.05, 3.63) is 59.0 Å². The molecule has 2 aromatic heterocycles. The minimum atomic E-state index is -0.710. The van der Waals surface area contributed by atoms with Crippen molar-refractivity contribution in [2.75, 3.05) is 12.8 Å². The van der Waals surface area contributed by atoms with E-state index in [-0.39, 0.29) is 29.2 Å². The summed E-state index contributed by atoms with van der Waals surface area (Å²) in [5.41, 5.74) is 13.7. The highest BCUT2D eigenvalue weighted by Crippen LogP contribution is 2.32. The quantitative estimate of drug-likeness (QED) is 0.317. The lowest BCUT2D eigenvalue weighted by Crippen LogP contribution is -2.23. The molecule has 0 saturated carbocycles. The van der Waals surface area contributed by atoms with Crippen LogP contribution in [0.1, 0.15) is 26.3 Å². The molecule has 10 nitrogen and oxygen atoms in total. The molecule has 0 atom stereocenters. The second kappa shape index (κ2) is 7.78. The Morgan fingerprint density at radius 1 is 1.23 bits per heavy atom. The van der Waals surface area contributed by atoms with E-state index in [0.29, 0.717) is 27.7 Å². The number of benzene rings is 2. The van der Waals surface area contributed by atoms with E-state index < -0.39 is 17.6 Å². The van der Waals surface area contributed by atoms with Gasteiger partial charge >= 0.3 is 0 Å². The van der Waals surface area contributed by atoms with Gasteiger partial charge in [-0.15, -0.1) is 0 Å². The van der Waals surface area contributed by atoms with Gasteiger partial charge in [-0.1, -0.05) is 12.1 Å². The molecule has 0 radical (unpaired) electrons. The number of carbonyl (C=O) groups is 2. The second-order valence-corrected chi connectivity index (χ2v) is 6.68. The molecule has 0 bridgehead atoms. The molecule has 31 heavy (non-hydrogen) atoms. The molecule has 2 aromatic carbocycles. The number of H-pyrrole nitrogens is 2. The molecule has 0 unspecified atom stereocenters. The lowest BCUT2D eigenvalue weighted by atomic mass is 10.0. The van der Waals surface area contributed by atoms with Gasteiger partial charge in [0, 0.05) is 17.5 Å². The molecule has 0 aliphatic heterocycles. The maximum atomic E-state index is 13.6. The van der Waals surface area contributed by atoms with E-state index in [1.54, 1.807) is 18.3 Å². The smallest absolute Gasteiger partial charge is 0.255 e. The highest BCUT2D eigenvalue weighted by molar-refractivity contribution is 6.07. The van der Waals surface area contributed by atoms with Gasteiger partial charge in [0.2, 0.25) is 0 Å². The molecule has 7 N–H and O–H groups in total.